The van der Waals surface area contributed by atoms with Gasteiger partial charge in [0.25, 0.3) is 5.56 Å². The molecule has 5 rings (SSSR count). The molecule has 0 amide bonds. The van der Waals surface area contributed by atoms with Gasteiger partial charge in [0.1, 0.15) is 18.2 Å². The van der Waals surface area contributed by atoms with Gasteiger partial charge in [-0.25, -0.2) is 4.98 Å². The lowest BCUT2D eigenvalue weighted by Gasteiger charge is -2.32. The molecule has 0 radical (unpaired) electrons. The average molecular weight is 446 g/mol. The third-order valence-corrected chi connectivity index (χ3v) is 6.47. The molecule has 2 aliphatic rings. The van der Waals surface area contributed by atoms with Gasteiger partial charge in [0, 0.05) is 23.6 Å². The highest BCUT2D eigenvalue weighted by Crippen LogP contribution is 2.43. The number of ether oxygens (including phenoxy) is 1. The van der Waals surface area contributed by atoms with E-state index < -0.39 is 5.92 Å². The first-order chi connectivity index (χ1) is 15.6. The van der Waals surface area contributed by atoms with Crippen molar-refractivity contribution in [3.63, 3.8) is 0 Å². The van der Waals surface area contributed by atoms with E-state index in [1.54, 1.807) is 0 Å². The van der Waals surface area contributed by atoms with Gasteiger partial charge < -0.3 is 15.0 Å². The van der Waals surface area contributed by atoms with Crippen LogP contribution in [0.3, 0.4) is 0 Å². The minimum absolute atomic E-state index is 0.0900. The van der Waals surface area contributed by atoms with Crippen molar-refractivity contribution in [2.45, 2.75) is 36.9 Å². The molecular weight excluding hydrogens is 422 g/mol. The molecule has 0 saturated heterocycles. The van der Waals surface area contributed by atoms with E-state index in [0.717, 1.165) is 35.4 Å². The van der Waals surface area contributed by atoms with Gasteiger partial charge in [-0.15, -0.1) is 0 Å². The number of benzene rings is 2. The number of fused-ring (bicyclic) bond motifs is 1. The summed E-state index contributed by atoms with van der Waals surface area (Å²) in [7, 11) is 0. The van der Waals surface area contributed by atoms with Crippen molar-refractivity contribution < 1.29 is 9.53 Å². The van der Waals surface area contributed by atoms with Gasteiger partial charge in [0.15, 0.2) is 10.9 Å². The zero-order valence-electron chi connectivity index (χ0n) is 17.7. The van der Waals surface area contributed by atoms with Crippen LogP contribution in [0.1, 0.15) is 41.9 Å². The fraction of sp³-hybridized carbons (Fsp3) is 0.240. The Hall–Kier alpha value is -3.32. The van der Waals surface area contributed by atoms with E-state index in [9.17, 15) is 9.59 Å². The van der Waals surface area contributed by atoms with E-state index in [2.05, 4.69) is 15.3 Å². The number of H-pyrrole nitrogens is 1. The Kier molecular flexibility index (Phi) is 5.57. The summed E-state index contributed by atoms with van der Waals surface area (Å²) in [6, 6.07) is 17.6. The summed E-state index contributed by atoms with van der Waals surface area (Å²) < 4.78 is 5.91. The molecule has 0 saturated carbocycles. The predicted molar refractivity (Wildman–Crippen MR) is 125 cm³/mol. The van der Waals surface area contributed by atoms with Crippen LogP contribution in [0.15, 0.2) is 75.8 Å². The molecule has 0 unspecified atom stereocenters. The van der Waals surface area contributed by atoms with Gasteiger partial charge >= 0.3 is 0 Å². The number of nitrogens with one attached hydrogen (secondary N) is 2. The summed E-state index contributed by atoms with van der Waals surface area (Å²) in [5.41, 5.74) is 3.82. The Morgan fingerprint density at radius 2 is 1.84 bits per heavy atom. The van der Waals surface area contributed by atoms with E-state index in [0.29, 0.717) is 35.1 Å². The molecule has 7 heteroatoms. The molecule has 1 atom stereocenters. The Bertz CT molecular complexity index is 1250. The lowest BCUT2D eigenvalue weighted by Crippen LogP contribution is -2.32. The maximum Gasteiger partial charge on any atom is 0.257 e. The second-order valence-corrected chi connectivity index (χ2v) is 8.70. The van der Waals surface area contributed by atoms with Gasteiger partial charge in [0.2, 0.25) is 0 Å². The van der Waals surface area contributed by atoms with Crippen molar-refractivity contribution >= 4 is 23.4 Å². The maximum absolute atomic E-state index is 13.0. The fourth-order valence-corrected chi connectivity index (χ4v) is 4.75. The molecule has 162 valence electrons. The number of carbonyl (C=O) groups is 1. The van der Waals surface area contributed by atoms with Crippen molar-refractivity contribution in [2.75, 3.05) is 11.6 Å². The first kappa shape index (κ1) is 20.6. The number of hydrogen-bond donors (Lipinski definition) is 2. The minimum atomic E-state index is -0.440. The smallest absolute Gasteiger partial charge is 0.257 e. The normalized spacial score (nSPS) is 17.4. The monoisotopic (exact) mass is 445 g/mol. The number of hydrogen-bond acceptors (Lipinski definition) is 6. The molecular formula is C25H23N3O3S. The fourth-order valence-electron chi connectivity index (χ4n) is 4.37. The van der Waals surface area contributed by atoms with Gasteiger partial charge in [0.05, 0.1) is 5.56 Å². The average Bonchev–Trinajstić information content (AvgIpc) is 2.82. The van der Waals surface area contributed by atoms with Crippen LogP contribution < -0.4 is 15.6 Å². The van der Waals surface area contributed by atoms with Crippen LogP contribution >= 0.6 is 11.8 Å². The molecule has 6 nitrogen and oxygen atoms in total. The summed E-state index contributed by atoms with van der Waals surface area (Å²) in [6.45, 7) is 0.477. The number of thioether (sulfide) groups is 1. The SMILES string of the molecule is CSc1nc2c(c(=O)[nH]1)[C@H](c1ccc(OCc3ccccc3)cc1)C1=C(CCCC1=O)N2. The Balaban J connectivity index is 1.51. The van der Waals surface area contributed by atoms with E-state index in [1.165, 1.54) is 11.8 Å². The number of rotatable bonds is 5. The second kappa shape index (κ2) is 8.67. The maximum atomic E-state index is 13.0. The second-order valence-electron chi connectivity index (χ2n) is 7.91. The standard InChI is InChI=1S/C25H23N3O3S/c1-32-25-27-23-22(24(30)28-25)20(21-18(26-23)8-5-9-19(21)29)16-10-12-17(13-11-16)31-14-15-6-3-2-4-7-15/h2-4,6-7,10-13,20H,5,8-9,14H2,1H3,(H2,26,27,28,30)/t20-/m1/s1. The quantitative estimate of drug-likeness (QED) is 0.440. The molecule has 32 heavy (non-hydrogen) atoms. The third-order valence-electron chi connectivity index (χ3n) is 5.89. The molecule has 1 aliphatic carbocycles. The molecule has 2 N–H and O–H groups in total. The van der Waals surface area contributed by atoms with Crippen molar-refractivity contribution in [3.05, 3.63) is 92.9 Å². The first-order valence-electron chi connectivity index (χ1n) is 10.6. The minimum Gasteiger partial charge on any atom is -0.489 e. The van der Waals surface area contributed by atoms with Crippen LogP contribution in [0.25, 0.3) is 0 Å². The van der Waals surface area contributed by atoms with Crippen LogP contribution in [0.4, 0.5) is 5.82 Å². The number of aromatic amines is 1. The van der Waals surface area contributed by atoms with E-state index in [4.69, 9.17) is 4.74 Å². The molecule has 2 aromatic carbocycles. The van der Waals surface area contributed by atoms with E-state index in [1.807, 2.05) is 60.9 Å². The summed E-state index contributed by atoms with van der Waals surface area (Å²) in [5.74, 6) is 0.929. The molecule has 0 bridgehead atoms. The summed E-state index contributed by atoms with van der Waals surface area (Å²) in [6.07, 6.45) is 3.95. The molecule has 2 heterocycles. The van der Waals surface area contributed by atoms with Crippen molar-refractivity contribution in [1.29, 1.82) is 0 Å². The number of Topliss-reactive ketones (excluding diaryl/α,β-unsaturated/α-hetero) is 1. The first-order valence-corrected chi connectivity index (χ1v) is 11.8. The third kappa shape index (κ3) is 3.84. The Morgan fingerprint density at radius 3 is 2.59 bits per heavy atom. The number of carbonyl (C=O) groups excluding carboxylic acids is 1. The zero-order valence-corrected chi connectivity index (χ0v) is 18.5. The topological polar surface area (TPSA) is 84.1 Å². The molecule has 3 aromatic rings. The molecule has 1 aliphatic heterocycles. The Morgan fingerprint density at radius 1 is 1.06 bits per heavy atom. The Labute approximate surface area is 190 Å². The number of allylic oxidation sites excluding steroid dienone is 2. The van der Waals surface area contributed by atoms with Gasteiger partial charge in [-0.3, -0.25) is 9.59 Å². The highest BCUT2D eigenvalue weighted by Gasteiger charge is 2.37. The zero-order chi connectivity index (χ0) is 22.1. The van der Waals surface area contributed by atoms with Gasteiger partial charge in [-0.1, -0.05) is 54.2 Å². The van der Waals surface area contributed by atoms with E-state index >= 15 is 0 Å². The molecule has 1 aromatic heterocycles. The lowest BCUT2D eigenvalue weighted by atomic mass is 9.76. The van der Waals surface area contributed by atoms with Gasteiger partial charge in [-0.2, -0.15) is 0 Å². The largest absolute Gasteiger partial charge is 0.489 e. The van der Waals surface area contributed by atoms with Crippen molar-refractivity contribution in [2.24, 2.45) is 0 Å². The van der Waals surface area contributed by atoms with Crippen molar-refractivity contribution in [3.8, 4) is 5.75 Å². The number of nitrogens with zero attached hydrogens (tertiary/aromatic N) is 1. The van der Waals surface area contributed by atoms with Crippen LogP contribution in [0, 0.1) is 0 Å². The van der Waals surface area contributed by atoms with E-state index in [-0.39, 0.29) is 11.3 Å². The molecule has 0 spiro atoms. The molecule has 0 fully saturated rings. The highest BCUT2D eigenvalue weighted by atomic mass is 32.2. The van der Waals surface area contributed by atoms with Crippen molar-refractivity contribution in [1.82, 2.24) is 9.97 Å². The number of aromatic nitrogens is 2. The highest BCUT2D eigenvalue weighted by molar-refractivity contribution is 7.98. The number of anilines is 1. The summed E-state index contributed by atoms with van der Waals surface area (Å²) in [5, 5.41) is 3.84. The summed E-state index contributed by atoms with van der Waals surface area (Å²) >= 11 is 1.38. The van der Waals surface area contributed by atoms with Crippen LogP contribution in [0.2, 0.25) is 0 Å². The summed E-state index contributed by atoms with van der Waals surface area (Å²) in [4.78, 5) is 33.4. The van der Waals surface area contributed by atoms with Crippen LogP contribution in [-0.2, 0) is 11.4 Å². The van der Waals surface area contributed by atoms with Gasteiger partial charge in [-0.05, 0) is 42.4 Å². The predicted octanol–water partition coefficient (Wildman–Crippen LogP) is 4.64. The number of ketones is 1. The van der Waals surface area contributed by atoms with Crippen LogP contribution in [-0.4, -0.2) is 22.0 Å². The van der Waals surface area contributed by atoms with Crippen LogP contribution in [0.5, 0.6) is 5.75 Å². The lowest BCUT2D eigenvalue weighted by molar-refractivity contribution is -0.116.